The number of fused-ring (bicyclic) bond motifs is 3. The number of ketones is 1. The first-order valence-electron chi connectivity index (χ1n) is 14.8. The molecule has 2 atom stereocenters. The van der Waals surface area contributed by atoms with Crippen molar-refractivity contribution in [3.05, 3.63) is 65.4 Å². The number of ether oxygens (including phenoxy) is 1. The van der Waals surface area contributed by atoms with Gasteiger partial charge >= 0.3 is 6.09 Å². The number of hydrogen-bond acceptors (Lipinski definition) is 6. The average molecular weight is 627 g/mol. The Bertz CT molecular complexity index is 1630. The highest BCUT2D eigenvalue weighted by atomic mass is 32.2. The van der Waals surface area contributed by atoms with Crippen molar-refractivity contribution in [1.82, 2.24) is 8.87 Å². The van der Waals surface area contributed by atoms with E-state index in [0.29, 0.717) is 17.6 Å². The summed E-state index contributed by atoms with van der Waals surface area (Å²) in [5, 5.41) is 0.751. The number of hydrogen-bond donors (Lipinski definition) is 0. The van der Waals surface area contributed by atoms with Crippen LogP contribution in [0.4, 0.5) is 4.79 Å². The van der Waals surface area contributed by atoms with Gasteiger partial charge in [-0.1, -0.05) is 56.7 Å². The van der Waals surface area contributed by atoms with Crippen molar-refractivity contribution in [3.8, 4) is 0 Å². The Balaban J connectivity index is 2.00. The highest BCUT2D eigenvalue weighted by molar-refractivity contribution is 7.89. The van der Waals surface area contributed by atoms with E-state index in [-0.39, 0.29) is 28.7 Å². The first-order valence-corrected chi connectivity index (χ1v) is 19.2. The molecule has 1 aromatic heterocycles. The minimum absolute atomic E-state index is 0.0843. The molecule has 1 aliphatic heterocycles. The first kappa shape index (κ1) is 33.1. The molecular weight excluding hydrogens is 581 g/mol. The molecule has 2 heterocycles. The van der Waals surface area contributed by atoms with Crippen LogP contribution in [-0.2, 0) is 30.4 Å². The molecule has 2 aromatic carbocycles. The molecule has 0 fully saturated rings. The van der Waals surface area contributed by atoms with Crippen LogP contribution in [0.1, 0.15) is 77.7 Å². The summed E-state index contributed by atoms with van der Waals surface area (Å²) in [5.74, 6) is -0.188. The molecule has 0 N–H and O–H groups in total. The number of para-hydroxylation sites is 1. The summed E-state index contributed by atoms with van der Waals surface area (Å²) in [5.41, 5.74) is 2.08. The van der Waals surface area contributed by atoms with E-state index >= 15 is 0 Å². The number of benzene rings is 2. The van der Waals surface area contributed by atoms with Gasteiger partial charge in [-0.05, 0) is 82.9 Å². The molecule has 234 valence electrons. The Hall–Kier alpha value is -2.79. The topological polar surface area (TPSA) is 94.9 Å². The fourth-order valence-electron chi connectivity index (χ4n) is 5.40. The Kier molecular flexibility index (Phi) is 8.94. The molecule has 1 aliphatic rings. The summed E-state index contributed by atoms with van der Waals surface area (Å²) in [6.45, 7) is 19.6. The lowest BCUT2D eigenvalue weighted by Gasteiger charge is -2.43. The number of sulfonamides is 1. The van der Waals surface area contributed by atoms with Crippen molar-refractivity contribution in [2.75, 3.05) is 6.61 Å². The normalized spacial score (nSPS) is 18.5. The van der Waals surface area contributed by atoms with Crippen LogP contribution >= 0.6 is 0 Å². The van der Waals surface area contributed by atoms with Gasteiger partial charge in [0, 0.05) is 11.8 Å². The van der Waals surface area contributed by atoms with E-state index in [1.54, 1.807) is 45.0 Å². The highest BCUT2D eigenvalue weighted by Gasteiger charge is 2.48. The highest BCUT2D eigenvalue weighted by Crippen LogP contribution is 2.45. The van der Waals surface area contributed by atoms with Gasteiger partial charge < -0.3 is 9.16 Å². The van der Waals surface area contributed by atoms with Crippen LogP contribution in [0.15, 0.2) is 53.4 Å². The maximum absolute atomic E-state index is 14.6. The minimum atomic E-state index is -4.13. The minimum Gasteiger partial charge on any atom is -0.443 e. The van der Waals surface area contributed by atoms with Gasteiger partial charge in [0.25, 0.3) is 0 Å². The molecule has 0 radical (unpaired) electrons. The summed E-state index contributed by atoms with van der Waals surface area (Å²) >= 11 is 0. The molecule has 0 bridgehead atoms. The third-order valence-corrected chi connectivity index (χ3v) is 15.0. The van der Waals surface area contributed by atoms with E-state index < -0.39 is 42.1 Å². The van der Waals surface area contributed by atoms with Crippen LogP contribution in [0, 0.1) is 6.92 Å². The van der Waals surface area contributed by atoms with E-state index in [4.69, 9.17) is 9.16 Å². The van der Waals surface area contributed by atoms with Gasteiger partial charge in [0.2, 0.25) is 10.0 Å². The van der Waals surface area contributed by atoms with E-state index in [0.717, 1.165) is 16.5 Å². The fraction of sp³-hybridized carbons (Fsp3) is 0.515. The zero-order valence-corrected chi connectivity index (χ0v) is 29.0. The Labute approximate surface area is 257 Å². The Morgan fingerprint density at radius 2 is 1.58 bits per heavy atom. The monoisotopic (exact) mass is 626 g/mol. The van der Waals surface area contributed by atoms with Crippen LogP contribution < -0.4 is 0 Å². The Morgan fingerprint density at radius 1 is 0.977 bits per heavy atom. The molecule has 0 saturated heterocycles. The van der Waals surface area contributed by atoms with Gasteiger partial charge in [0.05, 0.1) is 34.8 Å². The first-order chi connectivity index (χ1) is 19.7. The number of nitrogens with zero attached hydrogens (tertiary/aromatic N) is 2. The molecule has 43 heavy (non-hydrogen) atoms. The summed E-state index contributed by atoms with van der Waals surface area (Å²) in [4.78, 5) is 26.8. The van der Waals surface area contributed by atoms with Gasteiger partial charge in [-0.2, -0.15) is 4.31 Å². The second kappa shape index (κ2) is 11.6. The molecule has 0 spiro atoms. The summed E-state index contributed by atoms with van der Waals surface area (Å²) in [6, 6.07) is 12.7. The van der Waals surface area contributed by atoms with Crippen molar-refractivity contribution in [2.45, 2.75) is 109 Å². The lowest BCUT2D eigenvalue weighted by molar-refractivity contribution is -0.118. The third-order valence-electron chi connectivity index (χ3n) is 8.54. The van der Waals surface area contributed by atoms with Gasteiger partial charge in [0.15, 0.2) is 8.32 Å². The van der Waals surface area contributed by atoms with Crippen LogP contribution in [0.3, 0.4) is 0 Å². The van der Waals surface area contributed by atoms with Gasteiger partial charge in [0.1, 0.15) is 11.4 Å². The van der Waals surface area contributed by atoms with Crippen LogP contribution in [0.25, 0.3) is 10.9 Å². The molecule has 0 aliphatic carbocycles. The fourth-order valence-corrected chi connectivity index (χ4v) is 8.21. The van der Waals surface area contributed by atoms with Crippen molar-refractivity contribution < 1.29 is 27.2 Å². The zero-order chi connectivity index (χ0) is 32.1. The lowest BCUT2D eigenvalue weighted by atomic mass is 9.91. The van der Waals surface area contributed by atoms with Crippen molar-refractivity contribution in [1.29, 1.82) is 0 Å². The molecule has 0 unspecified atom stereocenters. The van der Waals surface area contributed by atoms with Crippen LogP contribution in [-0.4, -0.2) is 55.7 Å². The standard InChI is InChI=1S/C33H46N2O6SSi/c1-22-15-17-25(18-16-22)42(38,39)35-24(21-40-43(9,10)33(6,7)8)20-27-26-13-11-12-14-28(26)34(31(37)41-32(3,4)5)30(27)29(35)19-23(2)36/h11-18,24,29H,19-21H2,1-10H3/t24-,29-/m0/s1. The van der Waals surface area contributed by atoms with E-state index in [1.165, 1.54) is 15.8 Å². The summed E-state index contributed by atoms with van der Waals surface area (Å²) in [6.07, 6.45) is -0.393. The van der Waals surface area contributed by atoms with Crippen molar-refractivity contribution in [3.63, 3.8) is 0 Å². The number of aryl methyl sites for hydroxylation is 1. The van der Waals surface area contributed by atoms with Crippen molar-refractivity contribution >= 4 is 41.1 Å². The smallest absolute Gasteiger partial charge is 0.419 e. The SMILES string of the molecule is CC(=O)C[C@H]1c2c(c3ccccc3n2C(=O)OC(C)(C)C)C[C@@H](CO[Si](C)(C)C(C)(C)C)N1S(=O)(=O)c1ccc(C)cc1. The molecule has 0 saturated carbocycles. The maximum atomic E-state index is 14.6. The largest absolute Gasteiger partial charge is 0.443 e. The van der Waals surface area contributed by atoms with Crippen LogP contribution in [0.5, 0.6) is 0 Å². The average Bonchev–Trinajstić information content (AvgIpc) is 3.20. The number of aromatic nitrogens is 1. The predicted octanol–water partition coefficient (Wildman–Crippen LogP) is 7.39. The Morgan fingerprint density at radius 3 is 2.14 bits per heavy atom. The molecule has 3 aromatic rings. The summed E-state index contributed by atoms with van der Waals surface area (Å²) < 4.78 is 44.6. The van der Waals surface area contributed by atoms with Crippen LogP contribution in [0.2, 0.25) is 18.1 Å². The molecule has 8 nitrogen and oxygen atoms in total. The number of rotatable bonds is 7. The second-order valence-corrected chi connectivity index (χ2v) is 20.8. The number of carbonyl (C=O) groups is 2. The van der Waals surface area contributed by atoms with Gasteiger partial charge in [-0.25, -0.2) is 17.8 Å². The molecule has 10 heteroatoms. The van der Waals surface area contributed by atoms with Gasteiger partial charge in [-0.15, -0.1) is 0 Å². The number of carbonyl (C=O) groups excluding carboxylic acids is 2. The van der Waals surface area contributed by atoms with Gasteiger partial charge in [-0.3, -0.25) is 4.79 Å². The van der Waals surface area contributed by atoms with E-state index in [1.807, 2.05) is 31.2 Å². The maximum Gasteiger partial charge on any atom is 0.419 e. The van der Waals surface area contributed by atoms with Crippen molar-refractivity contribution in [2.24, 2.45) is 0 Å². The second-order valence-electron chi connectivity index (χ2n) is 14.2. The zero-order valence-electron chi connectivity index (χ0n) is 27.1. The third kappa shape index (κ3) is 6.67. The van der Waals surface area contributed by atoms with E-state index in [9.17, 15) is 18.0 Å². The lowest BCUT2D eigenvalue weighted by Crippen LogP contribution is -2.53. The molecule has 4 rings (SSSR count). The predicted molar refractivity (Wildman–Crippen MR) is 172 cm³/mol. The molecular formula is C33H46N2O6SSi. The summed E-state index contributed by atoms with van der Waals surface area (Å²) in [7, 11) is -6.40. The molecule has 0 amide bonds. The number of Topliss-reactive ketones (excluding diaryl/α,β-unsaturated/α-hetero) is 1. The quantitative estimate of drug-likeness (QED) is 0.254. The van der Waals surface area contributed by atoms with E-state index in [2.05, 4.69) is 33.9 Å².